The van der Waals surface area contributed by atoms with Gasteiger partial charge in [-0.15, -0.1) is 5.10 Å². The lowest BCUT2D eigenvalue weighted by Gasteiger charge is -1.95. The number of nitrogens with zero attached hydrogens (tertiary/aromatic N) is 5. The van der Waals surface area contributed by atoms with Gasteiger partial charge in [0, 0.05) is 24.8 Å². The smallest absolute Gasteiger partial charge is 0.328 e. The van der Waals surface area contributed by atoms with E-state index in [0.717, 1.165) is 16.6 Å². The number of fused-ring (bicyclic) bond motifs is 1. The predicted molar refractivity (Wildman–Crippen MR) is 83.7 cm³/mol. The van der Waals surface area contributed by atoms with Gasteiger partial charge >= 0.3 is 5.69 Å². The first-order valence-corrected chi connectivity index (χ1v) is 6.65. The number of hydrazone groups is 1. The Hall–Kier alpha value is -3.43. The third-order valence-corrected chi connectivity index (χ3v) is 3.47. The first-order chi connectivity index (χ1) is 11.0. The number of aromatic nitrogens is 4. The van der Waals surface area contributed by atoms with Crippen molar-refractivity contribution in [2.45, 2.75) is 0 Å². The fraction of sp³-hybridized carbons (Fsp3) is 0.154. The molecule has 118 valence electrons. The van der Waals surface area contributed by atoms with Gasteiger partial charge in [-0.25, -0.2) is 9.42 Å². The lowest BCUT2D eigenvalue weighted by atomic mass is 10.2. The maximum atomic E-state index is 11.9. The van der Waals surface area contributed by atoms with Crippen molar-refractivity contribution in [1.82, 2.24) is 19.4 Å². The number of amidine groups is 1. The molecule has 3 rings (SSSR count). The molecule has 0 aliphatic rings. The summed E-state index contributed by atoms with van der Waals surface area (Å²) < 4.78 is 7.61. The van der Waals surface area contributed by atoms with Crippen LogP contribution in [-0.4, -0.2) is 31.5 Å². The summed E-state index contributed by atoms with van der Waals surface area (Å²) in [5.74, 6) is 0.113. The predicted octanol–water partition coefficient (Wildman–Crippen LogP) is -2.34. The minimum atomic E-state index is -0.0821. The molecule has 0 aliphatic heterocycles. The van der Waals surface area contributed by atoms with Crippen molar-refractivity contribution in [2.24, 2.45) is 24.9 Å². The maximum absolute atomic E-state index is 11.9. The Labute approximate surface area is 129 Å². The Kier molecular flexibility index (Phi) is 3.41. The largest absolute Gasteiger partial charge is 0.379 e. The quantitative estimate of drug-likeness (QED) is 0.281. The van der Waals surface area contributed by atoms with Gasteiger partial charge < -0.3 is 11.5 Å². The monoisotopic (exact) mass is 315 g/mol. The maximum Gasteiger partial charge on any atom is 0.328 e. The first kappa shape index (κ1) is 14.5. The van der Waals surface area contributed by atoms with Crippen LogP contribution in [0.25, 0.3) is 11.0 Å². The Morgan fingerprint density at radius 1 is 1.30 bits per heavy atom. The lowest BCUT2D eigenvalue weighted by Crippen LogP contribution is -2.63. The zero-order valence-corrected chi connectivity index (χ0v) is 12.5. The molecule has 1 aromatic carbocycles. The molecular formula is C13H15N8O2+. The second kappa shape index (κ2) is 5.40. The molecule has 0 saturated heterocycles. The highest BCUT2D eigenvalue weighted by molar-refractivity contribution is 5.98. The zero-order chi connectivity index (χ0) is 16.6. The van der Waals surface area contributed by atoms with Gasteiger partial charge in [-0.1, -0.05) is 0 Å². The van der Waals surface area contributed by atoms with Gasteiger partial charge in [-0.3, -0.25) is 9.13 Å². The Morgan fingerprint density at radius 3 is 2.74 bits per heavy atom. The third kappa shape index (κ3) is 2.46. The molecule has 5 N–H and O–H groups in total. The molecule has 0 bridgehead atoms. The second-order valence-electron chi connectivity index (χ2n) is 4.92. The van der Waals surface area contributed by atoms with Crippen molar-refractivity contribution in [3.05, 3.63) is 39.9 Å². The first-order valence-electron chi connectivity index (χ1n) is 6.65. The fourth-order valence-corrected chi connectivity index (χ4v) is 2.22. The summed E-state index contributed by atoms with van der Waals surface area (Å²) >= 11 is 0. The number of nitrogen functional groups attached to an aromatic ring is 1. The molecular weight excluding hydrogens is 300 g/mol. The van der Waals surface area contributed by atoms with E-state index in [4.69, 9.17) is 11.5 Å². The molecule has 10 heteroatoms. The SMILES string of the molecule is Cn1c(=O)n(C)c2cc(C=[NH+]N=C(N)c3nonc3N)ccc21. The van der Waals surface area contributed by atoms with E-state index in [2.05, 4.69) is 25.1 Å². The summed E-state index contributed by atoms with van der Waals surface area (Å²) in [6.45, 7) is 0. The van der Waals surface area contributed by atoms with Crippen LogP contribution in [0.1, 0.15) is 11.3 Å². The van der Waals surface area contributed by atoms with Gasteiger partial charge in [0.2, 0.25) is 12.1 Å². The van der Waals surface area contributed by atoms with Crippen molar-refractivity contribution in [2.75, 3.05) is 5.73 Å². The summed E-state index contributed by atoms with van der Waals surface area (Å²) in [5.41, 5.74) is 13.8. The fourth-order valence-electron chi connectivity index (χ4n) is 2.22. The zero-order valence-electron chi connectivity index (χ0n) is 12.5. The van der Waals surface area contributed by atoms with Gasteiger partial charge in [0.25, 0.3) is 0 Å². The number of benzene rings is 1. The third-order valence-electron chi connectivity index (χ3n) is 3.47. The minimum absolute atomic E-state index is 0.0492. The van der Waals surface area contributed by atoms with Crippen molar-refractivity contribution < 1.29 is 9.73 Å². The van der Waals surface area contributed by atoms with Crippen molar-refractivity contribution in [3.8, 4) is 0 Å². The minimum Gasteiger partial charge on any atom is -0.379 e. The molecule has 0 amide bonds. The topological polar surface area (TPSA) is 144 Å². The van der Waals surface area contributed by atoms with Gasteiger partial charge in [-0.2, -0.15) is 0 Å². The molecule has 23 heavy (non-hydrogen) atoms. The van der Waals surface area contributed by atoms with Crippen molar-refractivity contribution in [1.29, 1.82) is 0 Å². The van der Waals surface area contributed by atoms with Gasteiger partial charge in [0.05, 0.1) is 11.0 Å². The summed E-state index contributed by atoms with van der Waals surface area (Å²) in [6.07, 6.45) is 1.63. The molecule has 2 heterocycles. The van der Waals surface area contributed by atoms with Gasteiger partial charge in [0.1, 0.15) is 0 Å². The van der Waals surface area contributed by atoms with Gasteiger partial charge in [0.15, 0.2) is 11.5 Å². The van der Waals surface area contributed by atoms with Crippen LogP contribution in [-0.2, 0) is 14.1 Å². The van der Waals surface area contributed by atoms with Crippen LogP contribution in [0.5, 0.6) is 0 Å². The van der Waals surface area contributed by atoms with Crippen LogP contribution in [0.3, 0.4) is 0 Å². The highest BCUT2D eigenvalue weighted by Gasteiger charge is 2.12. The van der Waals surface area contributed by atoms with Crippen LogP contribution in [0, 0.1) is 0 Å². The molecule has 0 saturated carbocycles. The summed E-state index contributed by atoms with van der Waals surface area (Å²) in [7, 11) is 3.45. The number of anilines is 1. The van der Waals surface area contributed by atoms with E-state index in [1.807, 2.05) is 18.2 Å². The number of nitrogens with one attached hydrogen (secondary N) is 1. The lowest BCUT2D eigenvalue weighted by molar-refractivity contribution is -0.456. The summed E-state index contributed by atoms with van der Waals surface area (Å²) in [6, 6.07) is 5.57. The van der Waals surface area contributed by atoms with Crippen LogP contribution in [0.4, 0.5) is 5.82 Å². The number of rotatable bonds is 3. The molecule has 0 spiro atoms. The highest BCUT2D eigenvalue weighted by Crippen LogP contribution is 2.12. The van der Waals surface area contributed by atoms with Gasteiger partial charge in [-0.05, 0) is 28.5 Å². The summed E-state index contributed by atoms with van der Waals surface area (Å²) in [4.78, 5) is 11.9. The number of aryl methyl sites for hydroxylation is 2. The number of imidazole rings is 1. The van der Waals surface area contributed by atoms with E-state index >= 15 is 0 Å². The van der Waals surface area contributed by atoms with Crippen molar-refractivity contribution in [3.63, 3.8) is 0 Å². The van der Waals surface area contributed by atoms with E-state index < -0.39 is 0 Å². The average Bonchev–Trinajstić information content (AvgIpc) is 3.06. The van der Waals surface area contributed by atoms with E-state index in [9.17, 15) is 4.79 Å². The molecule has 10 nitrogen and oxygen atoms in total. The Balaban J connectivity index is 1.91. The molecule has 3 aromatic rings. The molecule has 2 aromatic heterocycles. The Morgan fingerprint density at radius 2 is 2.04 bits per heavy atom. The normalized spacial score (nSPS) is 12.5. The molecule has 0 radical (unpaired) electrons. The Bertz CT molecular complexity index is 991. The van der Waals surface area contributed by atoms with Crippen molar-refractivity contribution >= 4 is 28.9 Å². The van der Waals surface area contributed by atoms with E-state index in [0.29, 0.717) is 0 Å². The molecule has 0 unspecified atom stereocenters. The van der Waals surface area contributed by atoms with E-state index in [-0.39, 0.29) is 23.0 Å². The second-order valence-corrected chi connectivity index (χ2v) is 4.92. The van der Waals surface area contributed by atoms with E-state index in [1.54, 1.807) is 29.4 Å². The van der Waals surface area contributed by atoms with Crippen LogP contribution < -0.4 is 22.3 Å². The molecule has 0 atom stereocenters. The number of hydrogen-bond acceptors (Lipinski definition) is 6. The van der Waals surface area contributed by atoms with Crippen LogP contribution in [0.15, 0.2) is 32.7 Å². The molecule has 0 fully saturated rings. The number of hydrogen-bond donors (Lipinski definition) is 3. The van der Waals surface area contributed by atoms with Crippen LogP contribution in [0.2, 0.25) is 0 Å². The average molecular weight is 315 g/mol. The van der Waals surface area contributed by atoms with E-state index in [1.165, 1.54) is 0 Å². The molecule has 0 aliphatic carbocycles. The van der Waals surface area contributed by atoms with Crippen LogP contribution >= 0.6 is 0 Å². The number of nitrogens with two attached hydrogens (primary N) is 2. The standard InChI is InChI=1S/C13H14N8O2/c1-20-8-4-3-7(5-9(8)21(2)13(20)22)6-16-17-11(14)10-12(15)19-23-18-10/h3-6H,1-2H3,(H2,14,17)(H2,15,19)/p+1. The summed E-state index contributed by atoms with van der Waals surface area (Å²) in [5, 5.41) is 13.6. The highest BCUT2D eigenvalue weighted by atomic mass is 16.6.